The fourth-order valence-corrected chi connectivity index (χ4v) is 2.66. The highest BCUT2D eigenvalue weighted by Gasteiger charge is 2.26. The van der Waals surface area contributed by atoms with Crippen molar-refractivity contribution in [3.05, 3.63) is 59.0 Å². The number of carbonyl (C=O) groups is 1. The predicted molar refractivity (Wildman–Crippen MR) is 93.9 cm³/mol. The first-order chi connectivity index (χ1) is 11.3. The van der Waals surface area contributed by atoms with Crippen LogP contribution in [0.3, 0.4) is 0 Å². The molecule has 0 aliphatic heterocycles. The first-order valence-electron chi connectivity index (χ1n) is 8.15. The Hall–Kier alpha value is -2.27. The summed E-state index contributed by atoms with van der Waals surface area (Å²) in [5.74, 6) is 0.422. The minimum absolute atomic E-state index is 0.0139. The van der Waals surface area contributed by atoms with Crippen molar-refractivity contribution in [2.75, 3.05) is 6.54 Å². The number of aryl methyl sites for hydroxylation is 2. The van der Waals surface area contributed by atoms with Crippen LogP contribution in [0.2, 0.25) is 0 Å². The van der Waals surface area contributed by atoms with Gasteiger partial charge in [0.1, 0.15) is 11.4 Å². The van der Waals surface area contributed by atoms with Crippen molar-refractivity contribution in [2.24, 2.45) is 0 Å². The molecule has 1 aromatic heterocycles. The van der Waals surface area contributed by atoms with Gasteiger partial charge in [-0.3, -0.25) is 0 Å². The van der Waals surface area contributed by atoms with Crippen molar-refractivity contribution in [3.63, 3.8) is 0 Å². The molecule has 0 saturated heterocycles. The number of aliphatic hydroxyl groups is 1. The van der Waals surface area contributed by atoms with Gasteiger partial charge < -0.3 is 20.2 Å². The Labute approximate surface area is 143 Å². The summed E-state index contributed by atoms with van der Waals surface area (Å²) >= 11 is 0. The van der Waals surface area contributed by atoms with Crippen molar-refractivity contribution in [3.8, 4) is 0 Å². The lowest BCUT2D eigenvalue weighted by Crippen LogP contribution is -2.46. The van der Waals surface area contributed by atoms with E-state index in [0.717, 1.165) is 6.42 Å². The van der Waals surface area contributed by atoms with Crippen LogP contribution in [0.15, 0.2) is 41.0 Å². The molecule has 1 aromatic carbocycles. The van der Waals surface area contributed by atoms with Gasteiger partial charge in [-0.15, -0.1) is 0 Å². The van der Waals surface area contributed by atoms with Gasteiger partial charge in [-0.2, -0.15) is 0 Å². The molecular formula is C19H26N2O3. The summed E-state index contributed by atoms with van der Waals surface area (Å²) in [4.78, 5) is 12.0. The highest BCUT2D eigenvalue weighted by molar-refractivity contribution is 5.74. The van der Waals surface area contributed by atoms with Gasteiger partial charge in [0.25, 0.3) is 0 Å². The van der Waals surface area contributed by atoms with Crippen LogP contribution < -0.4 is 10.6 Å². The summed E-state index contributed by atoms with van der Waals surface area (Å²) in [6.07, 6.45) is 2.25. The molecule has 3 N–H and O–H groups in total. The Morgan fingerprint density at radius 2 is 2.08 bits per heavy atom. The van der Waals surface area contributed by atoms with Crippen molar-refractivity contribution >= 4 is 6.03 Å². The molecule has 0 spiro atoms. The summed E-state index contributed by atoms with van der Waals surface area (Å²) in [5.41, 5.74) is 2.44. The minimum atomic E-state index is -1.24. The van der Waals surface area contributed by atoms with E-state index >= 15 is 0 Å². The lowest BCUT2D eigenvalue weighted by Gasteiger charge is -2.22. The van der Waals surface area contributed by atoms with Gasteiger partial charge in [-0.1, -0.05) is 23.8 Å². The average molecular weight is 330 g/mol. The van der Waals surface area contributed by atoms with Gasteiger partial charge in [0.05, 0.1) is 12.8 Å². The Bertz CT molecular complexity index is 678. The summed E-state index contributed by atoms with van der Waals surface area (Å²) in [6, 6.07) is 9.39. The highest BCUT2D eigenvalue weighted by atomic mass is 16.4. The third kappa shape index (κ3) is 4.86. The van der Waals surface area contributed by atoms with Crippen molar-refractivity contribution in [1.29, 1.82) is 0 Å². The molecule has 2 amide bonds. The number of nitrogens with one attached hydrogen (secondary N) is 2. The van der Waals surface area contributed by atoms with Crippen LogP contribution in [-0.2, 0) is 12.0 Å². The fraction of sp³-hybridized carbons (Fsp3) is 0.421. The van der Waals surface area contributed by atoms with Crippen LogP contribution in [-0.4, -0.2) is 23.7 Å². The van der Waals surface area contributed by atoms with E-state index in [1.54, 1.807) is 19.1 Å². The molecule has 24 heavy (non-hydrogen) atoms. The Balaban J connectivity index is 1.83. The molecule has 5 nitrogen and oxygen atoms in total. The standard InChI is InChI=1S/C19H26N2O3/c1-13-7-8-16(14(2)10-13)11-15(3)21-18(22)20-12-19(4,23)17-6-5-9-24-17/h5-10,15,23H,11-12H2,1-4H3,(H2,20,21,22). The molecule has 2 atom stereocenters. The maximum Gasteiger partial charge on any atom is 0.315 e. The van der Waals surface area contributed by atoms with Crippen molar-refractivity contribution in [1.82, 2.24) is 10.6 Å². The van der Waals surface area contributed by atoms with Crippen molar-refractivity contribution < 1.29 is 14.3 Å². The number of amides is 2. The zero-order valence-corrected chi connectivity index (χ0v) is 14.7. The monoisotopic (exact) mass is 330 g/mol. The van der Waals surface area contributed by atoms with Gasteiger partial charge in [0.2, 0.25) is 0 Å². The third-order valence-electron chi connectivity index (χ3n) is 4.05. The van der Waals surface area contributed by atoms with E-state index in [4.69, 9.17) is 4.42 Å². The summed E-state index contributed by atoms with van der Waals surface area (Å²) in [6.45, 7) is 7.78. The predicted octanol–water partition coefficient (Wildman–Crippen LogP) is 3.03. The third-order valence-corrected chi connectivity index (χ3v) is 4.05. The van der Waals surface area contributed by atoms with Crippen LogP contribution in [0.4, 0.5) is 4.79 Å². The Morgan fingerprint density at radius 3 is 2.71 bits per heavy atom. The van der Waals surface area contributed by atoms with Crippen LogP contribution in [0.25, 0.3) is 0 Å². The first-order valence-corrected chi connectivity index (χ1v) is 8.15. The topological polar surface area (TPSA) is 74.5 Å². The Morgan fingerprint density at radius 1 is 1.33 bits per heavy atom. The zero-order valence-electron chi connectivity index (χ0n) is 14.7. The number of rotatable bonds is 6. The second-order valence-electron chi connectivity index (χ2n) is 6.61. The number of hydrogen-bond acceptors (Lipinski definition) is 3. The first kappa shape index (κ1) is 18.1. The number of carbonyl (C=O) groups excluding carboxylic acids is 1. The van der Waals surface area contributed by atoms with E-state index in [-0.39, 0.29) is 18.6 Å². The highest BCUT2D eigenvalue weighted by Crippen LogP contribution is 2.19. The molecule has 2 rings (SSSR count). The summed E-state index contributed by atoms with van der Waals surface area (Å²) in [5, 5.41) is 15.9. The number of hydrogen-bond donors (Lipinski definition) is 3. The summed E-state index contributed by atoms with van der Waals surface area (Å²) < 4.78 is 5.19. The molecule has 0 aliphatic carbocycles. The van der Waals surface area contributed by atoms with Crippen LogP contribution >= 0.6 is 0 Å². The molecule has 0 bridgehead atoms. The molecule has 130 valence electrons. The van der Waals surface area contributed by atoms with Crippen LogP contribution in [0.1, 0.15) is 36.3 Å². The lowest BCUT2D eigenvalue weighted by atomic mass is 10.00. The smallest absolute Gasteiger partial charge is 0.315 e. The van der Waals surface area contributed by atoms with Crippen molar-refractivity contribution in [2.45, 2.75) is 45.8 Å². The number of benzene rings is 1. The van der Waals surface area contributed by atoms with Gasteiger partial charge in [-0.05, 0) is 57.4 Å². The quantitative estimate of drug-likeness (QED) is 0.762. The van der Waals surface area contributed by atoms with E-state index in [2.05, 4.69) is 42.7 Å². The largest absolute Gasteiger partial charge is 0.466 e. The molecule has 0 aliphatic rings. The SMILES string of the molecule is Cc1ccc(CC(C)NC(=O)NCC(C)(O)c2ccco2)c(C)c1. The van der Waals surface area contributed by atoms with E-state index in [1.165, 1.54) is 23.0 Å². The molecule has 1 heterocycles. The number of furan rings is 1. The maximum atomic E-state index is 12.0. The summed E-state index contributed by atoms with van der Waals surface area (Å²) in [7, 11) is 0. The van der Waals surface area contributed by atoms with Gasteiger partial charge in [0, 0.05) is 6.04 Å². The fourth-order valence-electron chi connectivity index (χ4n) is 2.66. The molecule has 2 unspecified atom stereocenters. The molecule has 2 aromatic rings. The molecule has 5 heteroatoms. The van der Waals surface area contributed by atoms with Crippen LogP contribution in [0, 0.1) is 13.8 Å². The van der Waals surface area contributed by atoms with Gasteiger partial charge in [-0.25, -0.2) is 4.79 Å². The normalized spacial score (nSPS) is 14.7. The van der Waals surface area contributed by atoms with Crippen LogP contribution in [0.5, 0.6) is 0 Å². The number of urea groups is 1. The Kier molecular flexibility index (Phi) is 5.67. The lowest BCUT2D eigenvalue weighted by molar-refractivity contribution is 0.0366. The maximum absolute atomic E-state index is 12.0. The van der Waals surface area contributed by atoms with E-state index < -0.39 is 5.60 Å². The van der Waals surface area contributed by atoms with E-state index in [9.17, 15) is 9.90 Å². The van der Waals surface area contributed by atoms with Gasteiger partial charge >= 0.3 is 6.03 Å². The van der Waals surface area contributed by atoms with E-state index in [1.807, 2.05) is 6.92 Å². The zero-order chi connectivity index (χ0) is 17.7. The molecule has 0 saturated carbocycles. The minimum Gasteiger partial charge on any atom is -0.466 e. The second kappa shape index (κ2) is 7.53. The molecule has 0 radical (unpaired) electrons. The average Bonchev–Trinajstić information content (AvgIpc) is 3.03. The molecule has 0 fully saturated rings. The van der Waals surface area contributed by atoms with Gasteiger partial charge in [0.15, 0.2) is 0 Å². The second-order valence-corrected chi connectivity index (χ2v) is 6.61. The molecular weight excluding hydrogens is 304 g/mol. The van der Waals surface area contributed by atoms with E-state index in [0.29, 0.717) is 5.76 Å².